The number of carbonyl (C=O) groups excluding carboxylic acids is 1. The van der Waals surface area contributed by atoms with Crippen LogP contribution >= 0.6 is 11.6 Å². The molecule has 7 heteroatoms. The summed E-state index contributed by atoms with van der Waals surface area (Å²) in [7, 11) is 0. The monoisotopic (exact) mass is 378 g/mol. The number of nitrogens with one attached hydrogen (secondary N) is 1. The zero-order chi connectivity index (χ0) is 18.5. The van der Waals surface area contributed by atoms with Gasteiger partial charge in [0.25, 0.3) is 5.91 Å². The largest absolute Gasteiger partial charge is 0.352 e. The molecule has 1 N–H and O–H groups in total. The van der Waals surface area contributed by atoms with Crippen molar-refractivity contribution in [3.8, 4) is 5.69 Å². The first-order chi connectivity index (χ1) is 12.6. The van der Waals surface area contributed by atoms with Crippen molar-refractivity contribution in [3.63, 3.8) is 0 Å². The number of aromatic nitrogens is 2. The first-order valence-electron chi connectivity index (χ1n) is 9.08. The summed E-state index contributed by atoms with van der Waals surface area (Å²) in [5, 5.41) is 7.50. The Balaban J connectivity index is 1.59. The van der Waals surface area contributed by atoms with Crippen LogP contribution in [-0.4, -0.2) is 46.8 Å². The third kappa shape index (κ3) is 4.43. The lowest BCUT2D eigenvalue weighted by Gasteiger charge is -2.26. The van der Waals surface area contributed by atoms with E-state index in [0.29, 0.717) is 23.5 Å². The summed E-state index contributed by atoms with van der Waals surface area (Å²) in [6.45, 7) is 5.66. The minimum absolute atomic E-state index is 0.223. The van der Waals surface area contributed by atoms with Gasteiger partial charge in [0, 0.05) is 6.54 Å². The topological polar surface area (TPSA) is 50.2 Å². The lowest BCUT2D eigenvalue weighted by atomic mass is 10.1. The maximum absolute atomic E-state index is 13.1. The number of benzene rings is 1. The van der Waals surface area contributed by atoms with E-state index in [1.54, 1.807) is 19.1 Å². The van der Waals surface area contributed by atoms with Gasteiger partial charge in [-0.25, -0.2) is 9.07 Å². The van der Waals surface area contributed by atoms with Crippen molar-refractivity contribution >= 4 is 17.5 Å². The first-order valence-corrected chi connectivity index (χ1v) is 9.45. The highest BCUT2D eigenvalue weighted by Crippen LogP contribution is 2.23. The van der Waals surface area contributed by atoms with Gasteiger partial charge in [-0.3, -0.25) is 4.79 Å². The van der Waals surface area contributed by atoms with Gasteiger partial charge in [0.2, 0.25) is 0 Å². The predicted octanol–water partition coefficient (Wildman–Crippen LogP) is 3.58. The summed E-state index contributed by atoms with van der Waals surface area (Å²) < 4.78 is 14.6. The minimum Gasteiger partial charge on any atom is -0.352 e. The number of carbonyl (C=O) groups is 1. The Bertz CT molecular complexity index is 754. The molecule has 1 aromatic carbocycles. The van der Waals surface area contributed by atoms with Crippen molar-refractivity contribution < 1.29 is 9.18 Å². The molecule has 3 rings (SSSR count). The molecular weight excluding hydrogens is 355 g/mol. The van der Waals surface area contributed by atoms with Gasteiger partial charge in [-0.05, 0) is 70.1 Å². The molecule has 0 unspecified atom stereocenters. The Hall–Kier alpha value is -1.92. The fourth-order valence-corrected chi connectivity index (χ4v) is 3.64. The minimum atomic E-state index is -0.333. The molecule has 0 radical (unpaired) electrons. The van der Waals surface area contributed by atoms with E-state index in [4.69, 9.17) is 11.6 Å². The second-order valence-corrected chi connectivity index (χ2v) is 7.01. The van der Waals surface area contributed by atoms with E-state index in [1.807, 2.05) is 0 Å². The van der Waals surface area contributed by atoms with Crippen LogP contribution in [-0.2, 0) is 0 Å². The molecule has 2 heterocycles. The Morgan fingerprint density at radius 1 is 1.23 bits per heavy atom. The molecule has 0 saturated carbocycles. The van der Waals surface area contributed by atoms with Crippen LogP contribution in [0.3, 0.4) is 0 Å². The molecule has 26 heavy (non-hydrogen) atoms. The number of aryl methyl sites for hydroxylation is 1. The molecule has 0 spiro atoms. The number of halogens is 2. The molecule has 1 saturated heterocycles. The third-order valence-corrected chi connectivity index (χ3v) is 5.04. The van der Waals surface area contributed by atoms with E-state index in [0.717, 1.165) is 26.1 Å². The molecular formula is C19H24ClFN4O. The van der Waals surface area contributed by atoms with Gasteiger partial charge in [0.15, 0.2) is 0 Å². The van der Waals surface area contributed by atoms with E-state index in [2.05, 4.69) is 15.3 Å². The summed E-state index contributed by atoms with van der Waals surface area (Å²) >= 11 is 6.37. The molecule has 0 atom stereocenters. The number of hydrogen-bond acceptors (Lipinski definition) is 3. The van der Waals surface area contributed by atoms with E-state index in [9.17, 15) is 9.18 Å². The zero-order valence-electron chi connectivity index (χ0n) is 15.0. The predicted molar refractivity (Wildman–Crippen MR) is 101 cm³/mol. The van der Waals surface area contributed by atoms with Crippen LogP contribution < -0.4 is 5.32 Å². The van der Waals surface area contributed by atoms with Crippen molar-refractivity contribution in [2.45, 2.75) is 32.6 Å². The van der Waals surface area contributed by atoms with Crippen molar-refractivity contribution in [2.75, 3.05) is 26.2 Å². The molecule has 1 fully saturated rings. The highest BCUT2D eigenvalue weighted by Gasteiger charge is 2.21. The molecule has 1 amide bonds. The summed E-state index contributed by atoms with van der Waals surface area (Å²) in [5.74, 6) is -0.556. The maximum atomic E-state index is 13.1. The molecule has 0 aliphatic carbocycles. The first kappa shape index (κ1) is 18.9. The standard InChI is InChI=1S/C19H24ClFN4O/c1-14-17(18(20)25(23-14)16-8-6-15(21)7-9-16)19(26)22-10-5-13-24-11-3-2-4-12-24/h6-9H,2-5,10-13H2,1H3,(H,22,26). The molecule has 1 aliphatic rings. The molecule has 140 valence electrons. The fraction of sp³-hybridized carbons (Fsp3) is 0.474. The van der Waals surface area contributed by atoms with Gasteiger partial charge >= 0.3 is 0 Å². The summed E-state index contributed by atoms with van der Waals surface area (Å²) in [6, 6.07) is 5.83. The number of piperidine rings is 1. The zero-order valence-corrected chi connectivity index (χ0v) is 15.7. The van der Waals surface area contributed by atoms with Gasteiger partial charge in [-0.15, -0.1) is 0 Å². The smallest absolute Gasteiger partial charge is 0.256 e. The van der Waals surface area contributed by atoms with Crippen molar-refractivity contribution in [1.29, 1.82) is 0 Å². The molecule has 1 aromatic heterocycles. The van der Waals surface area contributed by atoms with Crippen LogP contribution in [0.5, 0.6) is 0 Å². The third-order valence-electron chi connectivity index (χ3n) is 4.69. The van der Waals surface area contributed by atoms with Gasteiger partial charge < -0.3 is 10.2 Å². The van der Waals surface area contributed by atoms with Gasteiger partial charge in [0.05, 0.1) is 16.9 Å². The SMILES string of the molecule is Cc1nn(-c2ccc(F)cc2)c(Cl)c1C(=O)NCCCN1CCCCC1. The van der Waals surface area contributed by atoms with Gasteiger partial charge in [-0.2, -0.15) is 5.10 Å². The lowest BCUT2D eigenvalue weighted by molar-refractivity contribution is 0.0950. The van der Waals surface area contributed by atoms with Crippen LogP contribution in [0.25, 0.3) is 5.69 Å². The number of rotatable bonds is 6. The van der Waals surface area contributed by atoms with Crippen molar-refractivity contribution in [1.82, 2.24) is 20.0 Å². The molecule has 2 aromatic rings. The number of nitrogens with zero attached hydrogens (tertiary/aromatic N) is 3. The Labute approximate surface area is 158 Å². The summed E-state index contributed by atoms with van der Waals surface area (Å²) in [5.41, 5.74) is 1.53. The van der Waals surface area contributed by atoms with E-state index >= 15 is 0 Å². The number of hydrogen-bond donors (Lipinski definition) is 1. The van der Waals surface area contributed by atoms with Gasteiger partial charge in [-0.1, -0.05) is 18.0 Å². The van der Waals surface area contributed by atoms with E-state index in [1.165, 1.54) is 36.1 Å². The Kier molecular flexibility index (Phi) is 6.27. The van der Waals surface area contributed by atoms with Crippen LogP contribution in [0, 0.1) is 12.7 Å². The number of amides is 1. The Morgan fingerprint density at radius 2 is 1.92 bits per heavy atom. The molecule has 0 bridgehead atoms. The average Bonchev–Trinajstić information content (AvgIpc) is 2.94. The lowest BCUT2D eigenvalue weighted by Crippen LogP contribution is -2.33. The van der Waals surface area contributed by atoms with Gasteiger partial charge in [0.1, 0.15) is 11.0 Å². The van der Waals surface area contributed by atoms with Crippen LogP contribution in [0.15, 0.2) is 24.3 Å². The van der Waals surface area contributed by atoms with Crippen molar-refractivity contribution in [3.05, 3.63) is 46.5 Å². The molecule has 5 nitrogen and oxygen atoms in total. The average molecular weight is 379 g/mol. The molecule has 1 aliphatic heterocycles. The summed E-state index contributed by atoms with van der Waals surface area (Å²) in [4.78, 5) is 15.0. The highest BCUT2D eigenvalue weighted by atomic mass is 35.5. The van der Waals surface area contributed by atoms with E-state index < -0.39 is 0 Å². The fourth-order valence-electron chi connectivity index (χ4n) is 3.29. The van der Waals surface area contributed by atoms with Crippen molar-refractivity contribution in [2.24, 2.45) is 0 Å². The second kappa shape index (κ2) is 8.64. The maximum Gasteiger partial charge on any atom is 0.256 e. The quantitative estimate of drug-likeness (QED) is 0.781. The summed E-state index contributed by atoms with van der Waals surface area (Å²) in [6.07, 6.45) is 4.77. The Morgan fingerprint density at radius 3 is 2.62 bits per heavy atom. The second-order valence-electron chi connectivity index (χ2n) is 6.65. The number of likely N-dealkylation sites (tertiary alicyclic amines) is 1. The van der Waals surface area contributed by atoms with Crippen LogP contribution in [0.1, 0.15) is 41.7 Å². The van der Waals surface area contributed by atoms with Crippen LogP contribution in [0.2, 0.25) is 5.15 Å². The van der Waals surface area contributed by atoms with Crippen LogP contribution in [0.4, 0.5) is 4.39 Å². The highest BCUT2D eigenvalue weighted by molar-refractivity contribution is 6.33. The van der Waals surface area contributed by atoms with E-state index in [-0.39, 0.29) is 16.9 Å². The normalized spacial score (nSPS) is 15.2.